The topological polar surface area (TPSA) is 69.6 Å². The van der Waals surface area contributed by atoms with Crippen LogP contribution in [0.4, 0.5) is 0 Å². The summed E-state index contributed by atoms with van der Waals surface area (Å²) in [4.78, 5) is 19.4. The molecule has 0 spiro atoms. The van der Waals surface area contributed by atoms with E-state index in [-0.39, 0.29) is 31.4 Å². The van der Waals surface area contributed by atoms with Crippen LogP contribution in [-0.4, -0.2) is 32.6 Å². The fraction of sp³-hybridized carbons (Fsp3) is 0.180. The normalized spacial score (nSPS) is 11.9. The predicted octanol–water partition coefficient (Wildman–Crippen LogP) is 15.5. The maximum Gasteiger partial charge on any atom is 0.139 e. The van der Waals surface area contributed by atoms with Gasteiger partial charge >= 0.3 is 0 Å². The third kappa shape index (κ3) is 9.13. The second kappa shape index (κ2) is 18.9. The number of benzene rings is 6. The van der Waals surface area contributed by atoms with Gasteiger partial charge in [0.2, 0.25) is 0 Å². The van der Waals surface area contributed by atoms with Gasteiger partial charge in [-0.1, -0.05) is 152 Å². The van der Waals surface area contributed by atoms with Crippen molar-refractivity contribution >= 4 is 57.1 Å². The molecule has 6 aromatic carbocycles. The molecule has 11 rings (SSSR count). The summed E-state index contributed by atoms with van der Waals surface area (Å²) in [6, 6.07) is 57.7. The van der Waals surface area contributed by atoms with Crippen LogP contribution in [0.2, 0.25) is 19.6 Å². The number of nitrogens with zero attached hydrogens (tertiary/aromatic N) is 5. The Morgan fingerprint density at radius 3 is 2.23 bits per heavy atom. The molecule has 0 unspecified atom stereocenters. The Morgan fingerprint density at radius 2 is 1.48 bits per heavy atom. The maximum atomic E-state index is 6.48. The molecule has 0 bridgehead atoms. The minimum Gasteiger partial charge on any atom is -0.499 e. The molecule has 0 atom stereocenters. The van der Waals surface area contributed by atoms with Gasteiger partial charge in [0.05, 0.1) is 42.2 Å². The largest absolute Gasteiger partial charge is 0.499 e. The minimum absolute atomic E-state index is 0. The van der Waals surface area contributed by atoms with E-state index in [1.807, 2.05) is 48.8 Å². The quantitative estimate of drug-likeness (QED) is 0.117. The Kier molecular flexibility index (Phi) is 13.0. The molecule has 0 aliphatic heterocycles. The van der Waals surface area contributed by atoms with Crippen LogP contribution in [0.3, 0.4) is 0 Å². The summed E-state index contributed by atoms with van der Waals surface area (Å²) < 4.78 is 8.76. The smallest absolute Gasteiger partial charge is 0.139 e. The van der Waals surface area contributed by atoms with Crippen LogP contribution in [0.1, 0.15) is 57.4 Å². The monoisotopic (exact) mass is 1090 g/mol. The molecular weight excluding hydrogens is 1040 g/mol. The SMILES string of the molecule is C[Si](C)(C)c1cnc(-c2[c-]cccc2)cc1-c1cccc2ccccc12.Cc1c[c-]c(-c2nc3cnc(C(C)C)cc3n2-c2ccc(-c3ccccc3)cc2C(C)(C)C)c2oc3cccnc3c12.[Ir]. The van der Waals surface area contributed by atoms with Crippen molar-refractivity contribution in [3.05, 3.63) is 193 Å². The molecule has 5 heterocycles. The molecule has 6 nitrogen and oxygen atoms in total. The molecule has 0 aliphatic rings. The fourth-order valence-corrected chi connectivity index (χ4v) is 10.7. The van der Waals surface area contributed by atoms with E-state index in [1.54, 1.807) is 0 Å². The fourth-order valence-electron chi connectivity index (χ4n) is 9.26. The molecule has 0 N–H and O–H groups in total. The summed E-state index contributed by atoms with van der Waals surface area (Å²) in [6.45, 7) is 20.4. The number of hydrogen-bond donors (Lipinski definition) is 0. The molecule has 5 aromatic heterocycles. The first-order valence-corrected chi connectivity index (χ1v) is 27.0. The maximum absolute atomic E-state index is 6.48. The van der Waals surface area contributed by atoms with Crippen molar-refractivity contribution in [2.45, 2.75) is 72.5 Å². The summed E-state index contributed by atoms with van der Waals surface area (Å²) in [6.07, 6.45) is 5.80. The van der Waals surface area contributed by atoms with E-state index in [0.717, 1.165) is 72.7 Å². The van der Waals surface area contributed by atoms with Gasteiger partial charge in [0.1, 0.15) is 5.58 Å². The second-order valence-electron chi connectivity index (χ2n) is 20.0. The third-order valence-electron chi connectivity index (χ3n) is 12.8. The van der Waals surface area contributed by atoms with Crippen LogP contribution in [0.15, 0.2) is 169 Å². The van der Waals surface area contributed by atoms with E-state index in [2.05, 4.69) is 198 Å². The van der Waals surface area contributed by atoms with Crippen molar-refractivity contribution in [3.8, 4) is 50.6 Å². The minimum atomic E-state index is -1.54. The molecular formula is C61H55IrN5OSi-2. The Hall–Kier alpha value is -6.83. The van der Waals surface area contributed by atoms with Crippen molar-refractivity contribution in [1.82, 2.24) is 24.5 Å². The van der Waals surface area contributed by atoms with Crippen LogP contribution in [0.25, 0.3) is 94.5 Å². The van der Waals surface area contributed by atoms with Crippen LogP contribution >= 0.6 is 0 Å². The molecule has 0 saturated heterocycles. The van der Waals surface area contributed by atoms with Gasteiger partial charge in [-0.25, -0.2) is 0 Å². The standard InChI is InChI=1S/C37H33N4O.C24H22NSi.Ir/c1-22(2)28-20-31-29(21-39-28)40-36(26-16-14-23(3)33-34-32(42-35(26)33)13-10-18-38-34)41(31)30-17-15-25(19-27(30)37(4,5)6)24-11-8-7-9-12-24;1-26(2,3)24-17-25-23(19-11-5-4-6-12-19)16-22(24)21-15-9-13-18-10-7-8-14-20(18)21;/h7-15,17-22H,1-6H3;4-11,13-17H,1-3H3;/q2*-1;. The molecule has 69 heavy (non-hydrogen) atoms. The van der Waals surface area contributed by atoms with Crippen LogP contribution in [-0.2, 0) is 25.5 Å². The average Bonchev–Trinajstić information content (AvgIpc) is 3.93. The first kappa shape index (κ1) is 47.2. The molecule has 11 aromatic rings. The first-order valence-electron chi connectivity index (χ1n) is 23.5. The predicted molar refractivity (Wildman–Crippen MR) is 286 cm³/mol. The van der Waals surface area contributed by atoms with Crippen LogP contribution < -0.4 is 5.19 Å². The molecule has 1 radical (unpaired) electrons. The number of hydrogen-bond acceptors (Lipinski definition) is 5. The zero-order valence-electron chi connectivity index (χ0n) is 40.6. The van der Waals surface area contributed by atoms with Gasteiger partial charge in [-0.05, 0) is 96.5 Å². The summed E-state index contributed by atoms with van der Waals surface area (Å²) in [7, 11) is -1.54. The average molecular weight is 1090 g/mol. The van der Waals surface area contributed by atoms with Gasteiger partial charge in [-0.3, -0.25) is 15.0 Å². The zero-order chi connectivity index (χ0) is 47.3. The first-order chi connectivity index (χ1) is 32.7. The molecule has 0 fully saturated rings. The number of furan rings is 1. The summed E-state index contributed by atoms with van der Waals surface area (Å²) >= 11 is 0. The molecule has 8 heteroatoms. The van der Waals surface area contributed by atoms with Gasteiger partial charge in [0, 0.05) is 43.9 Å². The number of imidazole rings is 1. The van der Waals surface area contributed by atoms with Crippen molar-refractivity contribution in [3.63, 3.8) is 0 Å². The summed E-state index contributed by atoms with van der Waals surface area (Å²) in [5.41, 5.74) is 16.3. The van der Waals surface area contributed by atoms with E-state index < -0.39 is 8.07 Å². The number of aryl methyl sites for hydroxylation is 1. The third-order valence-corrected chi connectivity index (χ3v) is 14.8. The van der Waals surface area contributed by atoms with Gasteiger partial charge in [-0.2, -0.15) is 0 Å². The van der Waals surface area contributed by atoms with Crippen LogP contribution in [0.5, 0.6) is 0 Å². The summed E-state index contributed by atoms with van der Waals surface area (Å²) in [5.74, 6) is 1.05. The zero-order valence-corrected chi connectivity index (χ0v) is 44.0. The Morgan fingerprint density at radius 1 is 0.710 bits per heavy atom. The molecule has 0 saturated carbocycles. The number of aromatic nitrogens is 5. The van der Waals surface area contributed by atoms with Crippen molar-refractivity contribution in [1.29, 1.82) is 0 Å². The van der Waals surface area contributed by atoms with Crippen molar-refractivity contribution in [2.24, 2.45) is 0 Å². The van der Waals surface area contributed by atoms with E-state index in [1.165, 1.54) is 43.8 Å². The van der Waals surface area contributed by atoms with Gasteiger partial charge in [0.15, 0.2) is 0 Å². The van der Waals surface area contributed by atoms with Crippen molar-refractivity contribution in [2.75, 3.05) is 0 Å². The Balaban J connectivity index is 0.000000189. The molecule has 0 aliphatic carbocycles. The molecule has 345 valence electrons. The number of rotatable bonds is 7. The van der Waals surface area contributed by atoms with Gasteiger partial charge in [0.25, 0.3) is 0 Å². The Labute approximate surface area is 419 Å². The van der Waals surface area contributed by atoms with E-state index in [9.17, 15) is 0 Å². The Bertz CT molecular complexity index is 3630. The van der Waals surface area contributed by atoms with Crippen LogP contribution in [0, 0.1) is 19.1 Å². The number of fused-ring (bicyclic) bond motifs is 5. The molecule has 0 amide bonds. The van der Waals surface area contributed by atoms with E-state index in [0.29, 0.717) is 0 Å². The van der Waals surface area contributed by atoms with E-state index in [4.69, 9.17) is 19.4 Å². The van der Waals surface area contributed by atoms with Gasteiger partial charge < -0.3 is 14.0 Å². The van der Waals surface area contributed by atoms with E-state index >= 15 is 0 Å². The van der Waals surface area contributed by atoms with Gasteiger partial charge in [-0.15, -0.1) is 53.6 Å². The number of pyridine rings is 3. The second-order valence-corrected chi connectivity index (χ2v) is 25.1. The summed E-state index contributed by atoms with van der Waals surface area (Å²) in [5, 5.41) is 4.96. The van der Waals surface area contributed by atoms with Crippen molar-refractivity contribution < 1.29 is 24.5 Å².